The number of amides is 2. The van der Waals surface area contributed by atoms with Crippen LogP contribution >= 0.6 is 27.7 Å². The fraction of sp³-hybridized carbons (Fsp3) is 0.524. The predicted octanol–water partition coefficient (Wildman–Crippen LogP) is 4.59. The second-order valence-electron chi connectivity index (χ2n) is 7.21. The zero-order chi connectivity index (χ0) is 19.2. The molecule has 1 heterocycles. The molecule has 6 heteroatoms. The van der Waals surface area contributed by atoms with E-state index in [0.717, 1.165) is 47.0 Å². The first-order chi connectivity index (χ1) is 13.1. The maximum Gasteiger partial charge on any atom is 0.261 e. The quantitative estimate of drug-likeness (QED) is 0.508. The summed E-state index contributed by atoms with van der Waals surface area (Å²) in [4.78, 5) is 28.1. The van der Waals surface area contributed by atoms with Crippen LogP contribution in [0.4, 0.5) is 0 Å². The number of rotatable bonds is 6. The summed E-state index contributed by atoms with van der Waals surface area (Å²) in [6.45, 7) is 2.95. The third kappa shape index (κ3) is 5.38. The van der Waals surface area contributed by atoms with Gasteiger partial charge >= 0.3 is 0 Å². The van der Waals surface area contributed by atoms with E-state index < -0.39 is 0 Å². The standard InChI is InChI=1S/C21H27BrN2O2S/c1-2-3-11-23-20(25)14-24-17-9-4-5-10-18(17)27-19(21(24)26)13-15-7-6-8-16(22)12-15/h6-8,12-13,17-18H,2-5,9-11,14H2,1H3,(H,23,25)/b19-13+. The molecule has 1 aromatic rings. The van der Waals surface area contributed by atoms with Crippen LogP contribution < -0.4 is 5.32 Å². The van der Waals surface area contributed by atoms with Crippen molar-refractivity contribution in [3.8, 4) is 0 Å². The van der Waals surface area contributed by atoms with Gasteiger partial charge in [-0.1, -0.05) is 54.2 Å². The number of fused-ring (bicyclic) bond motifs is 1. The fourth-order valence-electron chi connectivity index (χ4n) is 3.72. The summed E-state index contributed by atoms with van der Waals surface area (Å²) in [5.41, 5.74) is 1.00. The van der Waals surface area contributed by atoms with Gasteiger partial charge in [0.25, 0.3) is 5.91 Å². The molecule has 0 aromatic heterocycles. The number of hydrogen-bond donors (Lipinski definition) is 1. The monoisotopic (exact) mass is 450 g/mol. The Morgan fingerprint density at radius 2 is 2.19 bits per heavy atom. The molecule has 2 atom stereocenters. The van der Waals surface area contributed by atoms with Crippen LogP contribution in [-0.2, 0) is 9.59 Å². The molecule has 27 heavy (non-hydrogen) atoms. The van der Waals surface area contributed by atoms with Gasteiger partial charge < -0.3 is 10.2 Å². The van der Waals surface area contributed by atoms with E-state index in [2.05, 4.69) is 28.2 Å². The average Bonchev–Trinajstić information content (AvgIpc) is 2.65. The summed E-state index contributed by atoms with van der Waals surface area (Å²) in [7, 11) is 0. The van der Waals surface area contributed by atoms with Gasteiger partial charge in [-0.3, -0.25) is 9.59 Å². The molecular formula is C21H27BrN2O2S. The van der Waals surface area contributed by atoms with Crippen LogP contribution in [0.1, 0.15) is 51.0 Å². The van der Waals surface area contributed by atoms with Gasteiger partial charge in [0.1, 0.15) is 6.54 Å². The first kappa shape index (κ1) is 20.5. The number of carbonyl (C=O) groups excluding carboxylic acids is 2. The smallest absolute Gasteiger partial charge is 0.261 e. The highest BCUT2D eigenvalue weighted by Gasteiger charge is 2.41. The van der Waals surface area contributed by atoms with Crippen LogP contribution in [-0.4, -0.2) is 41.1 Å². The lowest BCUT2D eigenvalue weighted by molar-refractivity contribution is -0.135. The van der Waals surface area contributed by atoms with E-state index in [1.807, 2.05) is 35.2 Å². The van der Waals surface area contributed by atoms with E-state index in [-0.39, 0.29) is 24.4 Å². The Morgan fingerprint density at radius 1 is 1.37 bits per heavy atom. The van der Waals surface area contributed by atoms with Crippen molar-refractivity contribution in [2.45, 2.75) is 56.7 Å². The SMILES string of the molecule is CCCCNC(=O)CN1C(=O)/C(=C\c2cccc(Br)c2)SC2CCCCC21. The second kappa shape index (κ2) is 9.78. The van der Waals surface area contributed by atoms with Gasteiger partial charge in [-0.05, 0) is 43.0 Å². The first-order valence-electron chi connectivity index (χ1n) is 9.80. The molecule has 1 saturated heterocycles. The van der Waals surface area contributed by atoms with E-state index in [1.54, 1.807) is 11.8 Å². The van der Waals surface area contributed by atoms with Gasteiger partial charge in [0, 0.05) is 22.3 Å². The number of nitrogens with one attached hydrogen (secondary N) is 1. The number of nitrogens with zero attached hydrogens (tertiary/aromatic N) is 1. The van der Waals surface area contributed by atoms with Gasteiger partial charge in [0.05, 0.1) is 4.91 Å². The third-order valence-corrected chi connectivity index (χ3v) is 7.02. The lowest BCUT2D eigenvalue weighted by Gasteiger charge is -2.43. The first-order valence-corrected chi connectivity index (χ1v) is 11.5. The topological polar surface area (TPSA) is 49.4 Å². The summed E-state index contributed by atoms with van der Waals surface area (Å²) in [5, 5.41) is 3.34. The number of carbonyl (C=O) groups is 2. The number of unbranched alkanes of at least 4 members (excludes halogenated alkanes) is 1. The van der Waals surface area contributed by atoms with Crippen molar-refractivity contribution in [3.63, 3.8) is 0 Å². The predicted molar refractivity (Wildman–Crippen MR) is 115 cm³/mol. The lowest BCUT2D eigenvalue weighted by atomic mass is 9.93. The molecule has 1 aromatic carbocycles. The van der Waals surface area contributed by atoms with Crippen LogP contribution in [0.5, 0.6) is 0 Å². The summed E-state index contributed by atoms with van der Waals surface area (Å²) in [5.74, 6) is -0.0522. The highest BCUT2D eigenvalue weighted by atomic mass is 79.9. The maximum absolute atomic E-state index is 13.2. The van der Waals surface area contributed by atoms with Crippen LogP contribution in [0.15, 0.2) is 33.6 Å². The van der Waals surface area contributed by atoms with Gasteiger partial charge in [-0.2, -0.15) is 0 Å². The van der Waals surface area contributed by atoms with Gasteiger partial charge in [-0.25, -0.2) is 0 Å². The Morgan fingerprint density at radius 3 is 2.96 bits per heavy atom. The van der Waals surface area contributed by atoms with Crippen LogP contribution in [0, 0.1) is 0 Å². The largest absolute Gasteiger partial charge is 0.355 e. The molecule has 1 aliphatic carbocycles. The molecule has 146 valence electrons. The second-order valence-corrected chi connectivity index (χ2v) is 9.40. The highest BCUT2D eigenvalue weighted by Crippen LogP contribution is 2.42. The number of thioether (sulfide) groups is 1. The molecule has 1 N–H and O–H groups in total. The Hall–Kier alpha value is -1.27. The molecule has 2 amide bonds. The summed E-state index contributed by atoms with van der Waals surface area (Å²) in [6, 6.07) is 8.13. The van der Waals surface area contributed by atoms with Crippen LogP contribution in [0.25, 0.3) is 6.08 Å². The van der Waals surface area contributed by atoms with E-state index in [0.29, 0.717) is 11.8 Å². The van der Waals surface area contributed by atoms with Crippen molar-refractivity contribution in [2.75, 3.05) is 13.1 Å². The molecule has 4 nitrogen and oxygen atoms in total. The zero-order valence-corrected chi connectivity index (χ0v) is 18.2. The Balaban J connectivity index is 1.79. The lowest BCUT2D eigenvalue weighted by Crippen LogP contribution is -2.54. The van der Waals surface area contributed by atoms with Crippen LogP contribution in [0.2, 0.25) is 0 Å². The van der Waals surface area contributed by atoms with Crippen molar-refractivity contribution in [1.29, 1.82) is 0 Å². The summed E-state index contributed by atoms with van der Waals surface area (Å²) >= 11 is 5.19. The third-order valence-electron chi connectivity index (χ3n) is 5.13. The molecule has 1 saturated carbocycles. The van der Waals surface area contributed by atoms with Gasteiger partial charge in [-0.15, -0.1) is 11.8 Å². The molecule has 2 unspecified atom stereocenters. The molecule has 0 spiro atoms. The fourth-order valence-corrected chi connectivity index (χ4v) is 5.61. The van der Waals surface area contributed by atoms with E-state index in [1.165, 1.54) is 6.42 Å². The summed E-state index contributed by atoms with van der Waals surface area (Å²) in [6.07, 6.45) is 8.41. The maximum atomic E-state index is 13.2. The molecule has 0 radical (unpaired) electrons. The van der Waals surface area contributed by atoms with E-state index >= 15 is 0 Å². The van der Waals surface area contributed by atoms with E-state index in [4.69, 9.17) is 0 Å². The average molecular weight is 451 g/mol. The Kier molecular flexibility index (Phi) is 7.41. The van der Waals surface area contributed by atoms with Crippen molar-refractivity contribution in [1.82, 2.24) is 10.2 Å². The zero-order valence-electron chi connectivity index (χ0n) is 15.7. The van der Waals surface area contributed by atoms with E-state index in [9.17, 15) is 9.59 Å². The van der Waals surface area contributed by atoms with Gasteiger partial charge in [0.15, 0.2) is 0 Å². The Bertz CT molecular complexity index is 722. The highest BCUT2D eigenvalue weighted by molar-refractivity contribution is 9.10. The van der Waals surface area contributed by atoms with Crippen molar-refractivity contribution < 1.29 is 9.59 Å². The Labute approximate surface area is 174 Å². The van der Waals surface area contributed by atoms with Crippen molar-refractivity contribution in [2.24, 2.45) is 0 Å². The van der Waals surface area contributed by atoms with Crippen LogP contribution in [0.3, 0.4) is 0 Å². The molecule has 0 bridgehead atoms. The van der Waals surface area contributed by atoms with Crippen molar-refractivity contribution in [3.05, 3.63) is 39.2 Å². The minimum absolute atomic E-state index is 0.00577. The van der Waals surface area contributed by atoms with Gasteiger partial charge in [0.2, 0.25) is 5.91 Å². The van der Waals surface area contributed by atoms with Crippen molar-refractivity contribution >= 4 is 45.6 Å². The summed E-state index contributed by atoms with van der Waals surface area (Å²) < 4.78 is 0.993. The molecule has 1 aliphatic heterocycles. The minimum atomic E-state index is -0.0465. The molecule has 2 aliphatic rings. The molecular weight excluding hydrogens is 424 g/mol. The number of benzene rings is 1. The normalized spacial score (nSPS) is 24.0. The molecule has 2 fully saturated rings. The molecule has 3 rings (SSSR count). The number of halogens is 1. The number of hydrogen-bond acceptors (Lipinski definition) is 3. The minimum Gasteiger partial charge on any atom is -0.355 e.